The molecule has 0 heterocycles. The van der Waals surface area contributed by atoms with Crippen LogP contribution in [0.2, 0.25) is 0 Å². The fourth-order valence-corrected chi connectivity index (χ4v) is 3.70. The lowest BCUT2D eigenvalue weighted by atomic mass is 10.1. The monoisotopic (exact) mass is 328 g/mol. The molecule has 21 heavy (non-hydrogen) atoms. The smallest absolute Gasteiger partial charge is 0.215 e. The van der Waals surface area contributed by atoms with E-state index in [1.807, 2.05) is 30.5 Å². The predicted octanol–water partition coefficient (Wildman–Crippen LogP) is 2.11. The zero-order valence-corrected chi connectivity index (χ0v) is 14.1. The van der Waals surface area contributed by atoms with Crippen molar-refractivity contribution in [3.8, 4) is 0 Å². The molecule has 1 aliphatic rings. The maximum Gasteiger partial charge on any atom is 0.215 e. The van der Waals surface area contributed by atoms with E-state index in [2.05, 4.69) is 10.0 Å². The summed E-state index contributed by atoms with van der Waals surface area (Å²) in [7, 11) is -3.23. The van der Waals surface area contributed by atoms with Crippen LogP contribution in [0.1, 0.15) is 30.4 Å². The third-order valence-corrected chi connectivity index (χ3v) is 5.42. The predicted molar refractivity (Wildman–Crippen MR) is 89.9 cm³/mol. The summed E-state index contributed by atoms with van der Waals surface area (Å²) in [5.74, 6) is 1.04. The minimum Gasteiger partial charge on any atom is -0.310 e. The van der Waals surface area contributed by atoms with Crippen LogP contribution in [0.25, 0.3) is 0 Å². The van der Waals surface area contributed by atoms with Crippen LogP contribution in [-0.2, 0) is 22.3 Å². The zero-order valence-electron chi connectivity index (χ0n) is 12.5. The van der Waals surface area contributed by atoms with Crippen molar-refractivity contribution in [3.05, 3.63) is 35.4 Å². The number of rotatable bonds is 10. The highest BCUT2D eigenvalue weighted by molar-refractivity contribution is 7.98. The first-order chi connectivity index (χ1) is 10.1. The summed E-state index contributed by atoms with van der Waals surface area (Å²) in [6.45, 7) is 1.34. The minimum absolute atomic E-state index is 0.0591. The molecule has 6 heteroatoms. The Balaban J connectivity index is 1.83. The Bertz CT molecular complexity index is 542. The molecule has 0 amide bonds. The summed E-state index contributed by atoms with van der Waals surface area (Å²) >= 11 is 1.73. The van der Waals surface area contributed by atoms with E-state index in [4.69, 9.17) is 0 Å². The van der Waals surface area contributed by atoms with Crippen molar-refractivity contribution < 1.29 is 8.42 Å². The van der Waals surface area contributed by atoms with Crippen LogP contribution in [0.5, 0.6) is 0 Å². The molecule has 1 saturated carbocycles. The van der Waals surface area contributed by atoms with E-state index in [-0.39, 0.29) is 5.75 Å². The Hall–Kier alpha value is -0.560. The van der Waals surface area contributed by atoms with Crippen molar-refractivity contribution in [2.45, 2.75) is 37.6 Å². The van der Waals surface area contributed by atoms with Gasteiger partial charge in [0.05, 0.1) is 5.75 Å². The fraction of sp³-hybridized carbons (Fsp3) is 0.600. The molecule has 0 saturated heterocycles. The number of sulfonamides is 1. The van der Waals surface area contributed by atoms with E-state index in [1.165, 1.54) is 12.8 Å². The Morgan fingerprint density at radius 2 is 2.05 bits per heavy atom. The lowest BCUT2D eigenvalue weighted by molar-refractivity contribution is 0.580. The highest BCUT2D eigenvalue weighted by Gasteiger charge is 2.20. The van der Waals surface area contributed by atoms with Gasteiger partial charge in [0.25, 0.3) is 0 Å². The second-order valence-electron chi connectivity index (χ2n) is 5.47. The lowest BCUT2D eigenvalue weighted by Gasteiger charge is -2.08. The van der Waals surface area contributed by atoms with E-state index in [0.29, 0.717) is 12.6 Å². The van der Waals surface area contributed by atoms with Gasteiger partial charge in [0.1, 0.15) is 0 Å². The molecule has 4 nitrogen and oxygen atoms in total. The topological polar surface area (TPSA) is 58.2 Å². The molecular weight excluding hydrogens is 304 g/mol. The standard InChI is InChI=1S/C15H24N2O2S2/c1-20-9-3-8-17-21(18,19)12-14-5-2-4-13(10-14)11-16-15-6-7-15/h2,4-5,10,15-17H,3,6-9,11-12H2,1H3. The molecule has 0 atom stereocenters. The molecule has 1 aliphatic carbocycles. The molecule has 118 valence electrons. The van der Waals surface area contributed by atoms with Gasteiger partial charge in [0, 0.05) is 19.1 Å². The first-order valence-electron chi connectivity index (χ1n) is 7.36. The summed E-state index contributed by atoms with van der Waals surface area (Å²) in [6.07, 6.45) is 5.41. The van der Waals surface area contributed by atoms with Crippen molar-refractivity contribution in [2.24, 2.45) is 0 Å². The summed E-state index contributed by atoms with van der Waals surface area (Å²) in [6, 6.07) is 8.49. The number of hydrogen-bond donors (Lipinski definition) is 2. The van der Waals surface area contributed by atoms with E-state index in [9.17, 15) is 8.42 Å². The maximum absolute atomic E-state index is 12.0. The summed E-state index contributed by atoms with van der Waals surface area (Å²) < 4.78 is 26.7. The van der Waals surface area contributed by atoms with Crippen LogP contribution in [0.4, 0.5) is 0 Å². The van der Waals surface area contributed by atoms with Gasteiger partial charge in [-0.3, -0.25) is 0 Å². The van der Waals surface area contributed by atoms with Crippen molar-refractivity contribution in [3.63, 3.8) is 0 Å². The molecule has 0 aromatic heterocycles. The van der Waals surface area contributed by atoms with Crippen LogP contribution in [-0.4, -0.2) is 33.0 Å². The van der Waals surface area contributed by atoms with Gasteiger partial charge in [-0.15, -0.1) is 0 Å². The SMILES string of the molecule is CSCCCNS(=O)(=O)Cc1cccc(CNC2CC2)c1. The van der Waals surface area contributed by atoms with Gasteiger partial charge in [-0.1, -0.05) is 24.3 Å². The Morgan fingerprint density at radius 3 is 2.76 bits per heavy atom. The molecule has 0 bridgehead atoms. The number of hydrogen-bond acceptors (Lipinski definition) is 4. The molecule has 1 aromatic carbocycles. The molecule has 2 N–H and O–H groups in total. The molecule has 1 fully saturated rings. The van der Waals surface area contributed by atoms with E-state index in [1.54, 1.807) is 11.8 Å². The molecule has 2 rings (SSSR count). The lowest BCUT2D eigenvalue weighted by Crippen LogP contribution is -2.26. The number of benzene rings is 1. The number of nitrogens with one attached hydrogen (secondary N) is 2. The van der Waals surface area contributed by atoms with Crippen LogP contribution in [0, 0.1) is 0 Å². The molecule has 0 radical (unpaired) electrons. The van der Waals surface area contributed by atoms with E-state index in [0.717, 1.165) is 29.8 Å². The van der Waals surface area contributed by atoms with Gasteiger partial charge in [-0.25, -0.2) is 13.1 Å². The second kappa shape index (κ2) is 8.17. The Kier molecular flexibility index (Phi) is 6.54. The molecule has 0 unspecified atom stereocenters. The fourth-order valence-electron chi connectivity index (χ4n) is 2.09. The first-order valence-corrected chi connectivity index (χ1v) is 10.4. The van der Waals surface area contributed by atoms with Crippen molar-refractivity contribution >= 4 is 21.8 Å². The third kappa shape index (κ3) is 6.82. The second-order valence-corrected chi connectivity index (χ2v) is 8.27. The van der Waals surface area contributed by atoms with Gasteiger partial charge >= 0.3 is 0 Å². The van der Waals surface area contributed by atoms with Gasteiger partial charge in [0.2, 0.25) is 10.0 Å². The average Bonchev–Trinajstić information content (AvgIpc) is 3.26. The summed E-state index contributed by atoms with van der Waals surface area (Å²) in [4.78, 5) is 0. The van der Waals surface area contributed by atoms with Crippen molar-refractivity contribution in [1.29, 1.82) is 0 Å². The first kappa shape index (κ1) is 16.8. The third-order valence-electron chi connectivity index (χ3n) is 3.37. The largest absolute Gasteiger partial charge is 0.310 e. The summed E-state index contributed by atoms with van der Waals surface area (Å²) in [5, 5.41) is 3.44. The minimum atomic E-state index is -3.23. The van der Waals surface area contributed by atoms with E-state index >= 15 is 0 Å². The summed E-state index contributed by atoms with van der Waals surface area (Å²) in [5.41, 5.74) is 2.00. The molecular formula is C15H24N2O2S2. The maximum atomic E-state index is 12.0. The van der Waals surface area contributed by atoms with Crippen LogP contribution < -0.4 is 10.0 Å². The normalized spacial score (nSPS) is 15.3. The van der Waals surface area contributed by atoms with Gasteiger partial charge < -0.3 is 5.32 Å². The van der Waals surface area contributed by atoms with Crippen LogP contribution in [0.3, 0.4) is 0 Å². The quantitative estimate of drug-likeness (QED) is 0.646. The van der Waals surface area contributed by atoms with Crippen LogP contribution in [0.15, 0.2) is 24.3 Å². The van der Waals surface area contributed by atoms with Crippen LogP contribution >= 0.6 is 11.8 Å². The van der Waals surface area contributed by atoms with Gasteiger partial charge in [-0.05, 0) is 42.4 Å². The number of thioether (sulfide) groups is 1. The zero-order chi connectivity index (χ0) is 15.1. The molecule has 0 aliphatic heterocycles. The highest BCUT2D eigenvalue weighted by atomic mass is 32.2. The molecule has 1 aromatic rings. The van der Waals surface area contributed by atoms with Crippen molar-refractivity contribution in [1.82, 2.24) is 10.0 Å². The van der Waals surface area contributed by atoms with Gasteiger partial charge in [0.15, 0.2) is 0 Å². The molecule has 0 spiro atoms. The van der Waals surface area contributed by atoms with Gasteiger partial charge in [-0.2, -0.15) is 11.8 Å². The van der Waals surface area contributed by atoms with E-state index < -0.39 is 10.0 Å². The van der Waals surface area contributed by atoms with Crippen molar-refractivity contribution in [2.75, 3.05) is 18.6 Å². The Labute approximate surface area is 132 Å². The highest BCUT2D eigenvalue weighted by Crippen LogP contribution is 2.19. The Morgan fingerprint density at radius 1 is 1.29 bits per heavy atom. The average molecular weight is 329 g/mol.